The van der Waals surface area contributed by atoms with Gasteiger partial charge in [-0.1, -0.05) is 27.7 Å². The van der Waals surface area contributed by atoms with E-state index in [1.54, 1.807) is 0 Å². The molecule has 2 unspecified atom stereocenters. The Balaban J connectivity index is 2.39. The van der Waals surface area contributed by atoms with Crippen LogP contribution in [0, 0.1) is 5.41 Å². The van der Waals surface area contributed by atoms with E-state index in [1.165, 1.54) is 24.3 Å². The molecule has 2 atom stereocenters. The molecule has 1 N–H and O–H groups in total. The average molecular weight is 201 g/mol. The van der Waals surface area contributed by atoms with Crippen LogP contribution in [0.15, 0.2) is 0 Å². The van der Waals surface area contributed by atoms with Crippen molar-refractivity contribution in [1.29, 1.82) is 0 Å². The van der Waals surface area contributed by atoms with Crippen LogP contribution in [0.5, 0.6) is 0 Å². The van der Waals surface area contributed by atoms with E-state index in [2.05, 4.69) is 44.8 Å². The molecule has 13 heavy (non-hydrogen) atoms. The molecule has 0 aromatic carbocycles. The lowest BCUT2D eigenvalue weighted by atomic mass is 9.84. The predicted molar refractivity (Wildman–Crippen MR) is 62.4 cm³/mol. The second-order valence-electron chi connectivity index (χ2n) is 5.05. The van der Waals surface area contributed by atoms with Gasteiger partial charge < -0.3 is 5.32 Å². The molecule has 1 rings (SSSR count). The summed E-state index contributed by atoms with van der Waals surface area (Å²) < 4.78 is 0. The summed E-state index contributed by atoms with van der Waals surface area (Å²) in [5, 5.41) is 3.78. The molecule has 0 bridgehead atoms. The molecular weight excluding hydrogens is 178 g/mol. The summed E-state index contributed by atoms with van der Waals surface area (Å²) >= 11 is 2.08. The van der Waals surface area contributed by atoms with Crippen molar-refractivity contribution in [2.45, 2.75) is 52.6 Å². The van der Waals surface area contributed by atoms with Gasteiger partial charge in [-0.25, -0.2) is 0 Å². The van der Waals surface area contributed by atoms with E-state index in [0.717, 1.165) is 6.04 Å². The number of thioether (sulfide) groups is 1. The molecule has 1 heterocycles. The Hall–Kier alpha value is 0.310. The van der Waals surface area contributed by atoms with Crippen molar-refractivity contribution in [3.63, 3.8) is 0 Å². The van der Waals surface area contributed by atoms with Gasteiger partial charge in [-0.15, -0.1) is 0 Å². The second-order valence-corrected chi connectivity index (χ2v) is 6.20. The van der Waals surface area contributed by atoms with Crippen LogP contribution in [0.25, 0.3) is 0 Å². The summed E-state index contributed by atoms with van der Waals surface area (Å²) in [7, 11) is 0. The fraction of sp³-hybridized carbons (Fsp3) is 1.00. The van der Waals surface area contributed by atoms with Gasteiger partial charge in [0.2, 0.25) is 0 Å². The molecule has 78 valence electrons. The quantitative estimate of drug-likeness (QED) is 0.753. The fourth-order valence-corrected chi connectivity index (χ4v) is 3.10. The van der Waals surface area contributed by atoms with Crippen molar-refractivity contribution in [1.82, 2.24) is 5.32 Å². The molecule has 1 nitrogen and oxygen atoms in total. The van der Waals surface area contributed by atoms with Crippen molar-refractivity contribution in [3.8, 4) is 0 Å². The summed E-state index contributed by atoms with van der Waals surface area (Å²) in [6.45, 7) is 9.27. The third kappa shape index (κ3) is 3.51. The Kier molecular flexibility index (Phi) is 4.11. The van der Waals surface area contributed by atoms with Crippen LogP contribution < -0.4 is 5.32 Å². The zero-order chi connectivity index (χ0) is 9.90. The molecule has 0 amide bonds. The zero-order valence-corrected chi connectivity index (χ0v) is 10.2. The maximum atomic E-state index is 3.78. The van der Waals surface area contributed by atoms with Crippen LogP contribution in [-0.4, -0.2) is 23.6 Å². The summed E-state index contributed by atoms with van der Waals surface area (Å²) in [6, 6.07) is 1.45. The van der Waals surface area contributed by atoms with Crippen molar-refractivity contribution in [2.24, 2.45) is 5.41 Å². The molecule has 2 heteroatoms. The highest BCUT2D eigenvalue weighted by Crippen LogP contribution is 2.25. The number of nitrogens with one attached hydrogen (secondary N) is 1. The number of hydrogen-bond acceptors (Lipinski definition) is 2. The molecule has 1 saturated heterocycles. The molecule has 0 aromatic heterocycles. The van der Waals surface area contributed by atoms with Gasteiger partial charge in [0.15, 0.2) is 0 Å². The maximum Gasteiger partial charge on any atom is 0.0168 e. The highest BCUT2D eigenvalue weighted by Gasteiger charge is 2.26. The maximum absolute atomic E-state index is 3.78. The minimum Gasteiger partial charge on any atom is -0.310 e. The predicted octanol–water partition coefficient (Wildman–Crippen LogP) is 2.91. The molecule has 0 aromatic rings. The first kappa shape index (κ1) is 11.4. The van der Waals surface area contributed by atoms with Crippen molar-refractivity contribution < 1.29 is 0 Å². The summed E-state index contributed by atoms with van der Waals surface area (Å²) in [6.07, 6.45) is 2.60. The lowest BCUT2D eigenvalue weighted by Crippen LogP contribution is -2.45. The van der Waals surface area contributed by atoms with E-state index in [0.29, 0.717) is 11.5 Å². The van der Waals surface area contributed by atoms with Gasteiger partial charge in [0, 0.05) is 17.8 Å². The van der Waals surface area contributed by atoms with E-state index >= 15 is 0 Å². The molecule has 0 saturated carbocycles. The SMILES string of the molecule is CCC(NC1CCSC1)C(C)(C)C. The Labute approximate surface area is 87.1 Å². The Morgan fingerprint density at radius 2 is 2.15 bits per heavy atom. The van der Waals surface area contributed by atoms with Crippen LogP contribution in [0.2, 0.25) is 0 Å². The second kappa shape index (κ2) is 4.70. The van der Waals surface area contributed by atoms with E-state index in [-0.39, 0.29) is 0 Å². The number of hydrogen-bond donors (Lipinski definition) is 1. The Morgan fingerprint density at radius 1 is 1.46 bits per heavy atom. The topological polar surface area (TPSA) is 12.0 Å². The smallest absolute Gasteiger partial charge is 0.0168 e. The molecule has 0 radical (unpaired) electrons. The van der Waals surface area contributed by atoms with Crippen LogP contribution in [0.1, 0.15) is 40.5 Å². The first-order chi connectivity index (χ1) is 6.04. The third-order valence-corrected chi connectivity index (χ3v) is 3.98. The third-order valence-electron chi connectivity index (χ3n) is 2.82. The van der Waals surface area contributed by atoms with Crippen LogP contribution in [0.4, 0.5) is 0 Å². The van der Waals surface area contributed by atoms with Crippen molar-refractivity contribution in [2.75, 3.05) is 11.5 Å². The number of rotatable bonds is 3. The minimum absolute atomic E-state index is 0.405. The standard InChI is InChI=1S/C11H23NS/c1-5-10(11(2,3)4)12-9-6-7-13-8-9/h9-10,12H,5-8H2,1-4H3. The largest absolute Gasteiger partial charge is 0.310 e. The zero-order valence-electron chi connectivity index (χ0n) is 9.39. The van der Waals surface area contributed by atoms with Gasteiger partial charge in [-0.05, 0) is 24.0 Å². The van der Waals surface area contributed by atoms with E-state index in [1.807, 2.05) is 0 Å². The summed E-state index contributed by atoms with van der Waals surface area (Å²) in [5.74, 6) is 2.66. The Morgan fingerprint density at radius 3 is 2.54 bits per heavy atom. The molecule has 1 aliphatic heterocycles. The van der Waals surface area contributed by atoms with Crippen molar-refractivity contribution in [3.05, 3.63) is 0 Å². The van der Waals surface area contributed by atoms with Gasteiger partial charge in [0.1, 0.15) is 0 Å². The lowest BCUT2D eigenvalue weighted by molar-refractivity contribution is 0.244. The van der Waals surface area contributed by atoms with Crippen LogP contribution in [-0.2, 0) is 0 Å². The lowest BCUT2D eigenvalue weighted by Gasteiger charge is -2.33. The van der Waals surface area contributed by atoms with E-state index in [9.17, 15) is 0 Å². The molecular formula is C11H23NS. The van der Waals surface area contributed by atoms with Gasteiger partial charge >= 0.3 is 0 Å². The van der Waals surface area contributed by atoms with Crippen LogP contribution >= 0.6 is 11.8 Å². The van der Waals surface area contributed by atoms with Crippen molar-refractivity contribution >= 4 is 11.8 Å². The molecule has 0 aliphatic carbocycles. The molecule has 1 aliphatic rings. The monoisotopic (exact) mass is 201 g/mol. The minimum atomic E-state index is 0.405. The fourth-order valence-electron chi connectivity index (χ4n) is 1.93. The first-order valence-electron chi connectivity index (χ1n) is 5.38. The summed E-state index contributed by atoms with van der Waals surface area (Å²) in [5.41, 5.74) is 0.405. The average Bonchev–Trinajstić information content (AvgIpc) is 2.49. The van der Waals surface area contributed by atoms with Gasteiger partial charge in [0.25, 0.3) is 0 Å². The van der Waals surface area contributed by atoms with Gasteiger partial charge in [0.05, 0.1) is 0 Å². The molecule has 1 fully saturated rings. The molecule has 0 spiro atoms. The van der Waals surface area contributed by atoms with E-state index in [4.69, 9.17) is 0 Å². The Bertz CT molecular complexity index is 145. The van der Waals surface area contributed by atoms with Gasteiger partial charge in [-0.3, -0.25) is 0 Å². The van der Waals surface area contributed by atoms with Crippen LogP contribution in [0.3, 0.4) is 0 Å². The first-order valence-corrected chi connectivity index (χ1v) is 6.53. The van der Waals surface area contributed by atoms with E-state index < -0.39 is 0 Å². The van der Waals surface area contributed by atoms with Gasteiger partial charge in [-0.2, -0.15) is 11.8 Å². The normalized spacial score (nSPS) is 26.3. The highest BCUT2D eigenvalue weighted by atomic mass is 32.2. The summed E-state index contributed by atoms with van der Waals surface area (Å²) in [4.78, 5) is 0. The highest BCUT2D eigenvalue weighted by molar-refractivity contribution is 7.99.